The van der Waals surface area contributed by atoms with Crippen molar-refractivity contribution in [1.29, 1.82) is 0 Å². The van der Waals surface area contributed by atoms with Crippen LogP contribution >= 0.6 is 0 Å². The van der Waals surface area contributed by atoms with E-state index in [0.717, 1.165) is 41.9 Å². The van der Waals surface area contributed by atoms with Gasteiger partial charge in [0.1, 0.15) is 0 Å². The zero-order valence-electron chi connectivity index (χ0n) is 16.1. The third-order valence-electron chi connectivity index (χ3n) is 5.83. The minimum atomic E-state index is -0.817. The van der Waals surface area contributed by atoms with Crippen molar-refractivity contribution < 1.29 is 19.4 Å². The molecular weight excluding hydrogens is 358 g/mol. The van der Waals surface area contributed by atoms with Gasteiger partial charge in [0.15, 0.2) is 0 Å². The van der Waals surface area contributed by atoms with Crippen LogP contribution in [0.25, 0.3) is 5.69 Å². The molecule has 0 radical (unpaired) electrons. The van der Waals surface area contributed by atoms with Crippen LogP contribution in [0.1, 0.15) is 53.0 Å². The first-order valence-corrected chi connectivity index (χ1v) is 9.76. The number of aryl methyl sites for hydroxylation is 1. The normalized spacial score (nSPS) is 23.1. The van der Waals surface area contributed by atoms with Crippen molar-refractivity contribution >= 4 is 11.9 Å². The molecule has 2 fully saturated rings. The zero-order valence-corrected chi connectivity index (χ0v) is 16.1. The molecule has 1 aromatic carbocycles. The van der Waals surface area contributed by atoms with Gasteiger partial charge in [-0.1, -0.05) is 0 Å². The summed E-state index contributed by atoms with van der Waals surface area (Å²) < 4.78 is 7.60. The SMILES string of the molecule is Cc1nn(-c2ccc(C(=O)NC3CC4CCC3O4)cc2)c(C)c1CCC(=O)O. The Labute approximate surface area is 163 Å². The van der Waals surface area contributed by atoms with Crippen LogP contribution in [-0.4, -0.2) is 45.0 Å². The third-order valence-corrected chi connectivity index (χ3v) is 5.83. The topological polar surface area (TPSA) is 93.5 Å². The summed E-state index contributed by atoms with van der Waals surface area (Å²) in [7, 11) is 0. The number of fused-ring (bicyclic) bond motifs is 2. The molecule has 1 amide bonds. The molecule has 2 saturated heterocycles. The number of carbonyl (C=O) groups is 2. The number of carbonyl (C=O) groups excluding carboxylic acids is 1. The summed E-state index contributed by atoms with van der Waals surface area (Å²) in [4.78, 5) is 23.4. The second kappa shape index (κ2) is 7.39. The Balaban J connectivity index is 1.46. The molecule has 3 heterocycles. The van der Waals surface area contributed by atoms with Crippen LogP contribution in [0.2, 0.25) is 0 Å². The predicted octanol–water partition coefficient (Wildman–Crippen LogP) is 2.56. The molecule has 28 heavy (non-hydrogen) atoms. The molecule has 148 valence electrons. The standard InChI is InChI=1S/C21H25N3O4/c1-12-17(8-10-20(25)26)13(2)24(23-12)15-5-3-14(4-6-15)21(27)22-18-11-16-7-9-19(18)28-16/h3-6,16,18-19H,7-11H2,1-2H3,(H,22,27)(H,25,26). The fourth-order valence-corrected chi connectivity index (χ4v) is 4.32. The van der Waals surface area contributed by atoms with E-state index in [1.165, 1.54) is 0 Å². The number of ether oxygens (including phenoxy) is 1. The highest BCUT2D eigenvalue weighted by atomic mass is 16.5. The second-order valence-electron chi connectivity index (χ2n) is 7.69. The van der Waals surface area contributed by atoms with Gasteiger partial charge in [-0.2, -0.15) is 5.10 Å². The maximum absolute atomic E-state index is 12.6. The van der Waals surface area contributed by atoms with Crippen LogP contribution in [0, 0.1) is 13.8 Å². The Morgan fingerprint density at radius 3 is 2.61 bits per heavy atom. The smallest absolute Gasteiger partial charge is 0.303 e. The maximum Gasteiger partial charge on any atom is 0.303 e. The summed E-state index contributed by atoms with van der Waals surface area (Å²) in [6.07, 6.45) is 4.03. The number of rotatable bonds is 6. The van der Waals surface area contributed by atoms with Crippen molar-refractivity contribution in [3.05, 3.63) is 46.8 Å². The zero-order chi connectivity index (χ0) is 19.8. The Kier molecular flexibility index (Phi) is 4.93. The highest BCUT2D eigenvalue weighted by Crippen LogP contribution is 2.34. The lowest BCUT2D eigenvalue weighted by Crippen LogP contribution is -2.41. The first-order valence-electron chi connectivity index (χ1n) is 9.76. The lowest BCUT2D eigenvalue weighted by molar-refractivity contribution is -0.136. The van der Waals surface area contributed by atoms with E-state index in [0.29, 0.717) is 18.1 Å². The molecule has 4 rings (SSSR count). The Morgan fingerprint density at radius 1 is 1.25 bits per heavy atom. The summed E-state index contributed by atoms with van der Waals surface area (Å²) in [6.45, 7) is 3.83. The van der Waals surface area contributed by atoms with Gasteiger partial charge in [-0.15, -0.1) is 0 Å². The largest absolute Gasteiger partial charge is 0.481 e. The average molecular weight is 383 g/mol. The molecular formula is C21H25N3O4. The number of amides is 1. The molecule has 0 spiro atoms. The lowest BCUT2D eigenvalue weighted by atomic mass is 9.95. The van der Waals surface area contributed by atoms with E-state index < -0.39 is 5.97 Å². The van der Waals surface area contributed by atoms with E-state index in [1.807, 2.05) is 26.0 Å². The van der Waals surface area contributed by atoms with Gasteiger partial charge in [0, 0.05) is 17.7 Å². The quantitative estimate of drug-likeness (QED) is 0.800. The Hall–Kier alpha value is -2.67. The van der Waals surface area contributed by atoms with E-state index in [1.54, 1.807) is 16.8 Å². The number of benzene rings is 1. The summed E-state index contributed by atoms with van der Waals surface area (Å²) in [5.74, 6) is -0.897. The molecule has 2 N–H and O–H groups in total. The minimum Gasteiger partial charge on any atom is -0.481 e. The molecule has 2 aliphatic rings. The maximum atomic E-state index is 12.6. The molecule has 2 aromatic rings. The predicted molar refractivity (Wildman–Crippen MR) is 103 cm³/mol. The van der Waals surface area contributed by atoms with Crippen molar-refractivity contribution in [1.82, 2.24) is 15.1 Å². The lowest BCUT2D eigenvalue weighted by Gasteiger charge is -2.20. The third kappa shape index (κ3) is 3.54. The number of aliphatic carboxylic acids is 1. The van der Waals surface area contributed by atoms with E-state index in [-0.39, 0.29) is 24.5 Å². The number of hydrogen-bond donors (Lipinski definition) is 2. The number of carboxylic acid groups (broad SMARTS) is 1. The summed E-state index contributed by atoms with van der Waals surface area (Å²) >= 11 is 0. The molecule has 7 nitrogen and oxygen atoms in total. The van der Waals surface area contributed by atoms with E-state index in [2.05, 4.69) is 10.4 Å². The van der Waals surface area contributed by atoms with Gasteiger partial charge in [0.25, 0.3) is 5.91 Å². The second-order valence-corrected chi connectivity index (χ2v) is 7.69. The van der Waals surface area contributed by atoms with Crippen LogP contribution < -0.4 is 5.32 Å². The number of nitrogens with zero attached hydrogens (tertiary/aromatic N) is 2. The molecule has 0 saturated carbocycles. The molecule has 7 heteroatoms. The van der Waals surface area contributed by atoms with Crippen molar-refractivity contribution in [3.8, 4) is 5.69 Å². The van der Waals surface area contributed by atoms with Gasteiger partial charge in [-0.25, -0.2) is 4.68 Å². The van der Waals surface area contributed by atoms with Crippen LogP contribution in [0.15, 0.2) is 24.3 Å². The Morgan fingerprint density at radius 2 is 2.00 bits per heavy atom. The number of hydrogen-bond acceptors (Lipinski definition) is 4. The van der Waals surface area contributed by atoms with Crippen molar-refractivity contribution in [2.45, 2.75) is 64.2 Å². The van der Waals surface area contributed by atoms with Crippen LogP contribution in [0.4, 0.5) is 0 Å². The van der Waals surface area contributed by atoms with E-state index in [4.69, 9.17) is 9.84 Å². The molecule has 2 aliphatic heterocycles. The minimum absolute atomic E-state index is 0.0804. The van der Waals surface area contributed by atoms with E-state index in [9.17, 15) is 9.59 Å². The van der Waals surface area contributed by atoms with Crippen molar-refractivity contribution in [3.63, 3.8) is 0 Å². The summed E-state index contributed by atoms with van der Waals surface area (Å²) in [5.41, 5.74) is 4.17. The van der Waals surface area contributed by atoms with Gasteiger partial charge < -0.3 is 15.2 Å². The number of nitrogens with one attached hydrogen (secondary N) is 1. The fraction of sp³-hybridized carbons (Fsp3) is 0.476. The van der Waals surface area contributed by atoms with Gasteiger partial charge in [0.2, 0.25) is 0 Å². The average Bonchev–Trinajstić information content (AvgIpc) is 3.35. The molecule has 1 aromatic heterocycles. The van der Waals surface area contributed by atoms with Crippen molar-refractivity contribution in [2.24, 2.45) is 0 Å². The Bertz CT molecular complexity index is 903. The summed E-state index contributed by atoms with van der Waals surface area (Å²) in [6, 6.07) is 7.44. The van der Waals surface area contributed by atoms with Crippen LogP contribution in [0.3, 0.4) is 0 Å². The van der Waals surface area contributed by atoms with Gasteiger partial charge >= 0.3 is 5.97 Å². The van der Waals surface area contributed by atoms with Gasteiger partial charge in [-0.3, -0.25) is 9.59 Å². The monoisotopic (exact) mass is 383 g/mol. The van der Waals surface area contributed by atoms with E-state index >= 15 is 0 Å². The van der Waals surface area contributed by atoms with Gasteiger partial charge in [-0.05, 0) is 69.4 Å². The molecule has 3 atom stereocenters. The van der Waals surface area contributed by atoms with Gasteiger partial charge in [0.05, 0.1) is 29.6 Å². The number of carboxylic acids is 1. The first kappa shape index (κ1) is 18.7. The summed E-state index contributed by atoms with van der Waals surface area (Å²) in [5, 5.41) is 16.6. The van der Waals surface area contributed by atoms with Crippen molar-refractivity contribution in [2.75, 3.05) is 0 Å². The number of aromatic nitrogens is 2. The first-order chi connectivity index (χ1) is 13.4. The highest BCUT2D eigenvalue weighted by Gasteiger charge is 2.41. The van der Waals surface area contributed by atoms with Crippen LogP contribution in [-0.2, 0) is 16.0 Å². The molecule has 2 bridgehead atoms. The fourth-order valence-electron chi connectivity index (χ4n) is 4.32. The molecule has 0 aliphatic carbocycles. The highest BCUT2D eigenvalue weighted by molar-refractivity contribution is 5.94. The molecule has 3 unspecified atom stereocenters. The van der Waals surface area contributed by atoms with Crippen LogP contribution in [0.5, 0.6) is 0 Å².